The number of rotatable bonds is 5. The Morgan fingerprint density at radius 2 is 1.44 bits per heavy atom. The first-order valence-corrected chi connectivity index (χ1v) is 10.3. The van der Waals surface area contributed by atoms with Crippen LogP contribution in [0.4, 0.5) is 0 Å². The average Bonchev–Trinajstić information content (AvgIpc) is 2.81. The van der Waals surface area contributed by atoms with E-state index in [4.69, 9.17) is 5.73 Å². The summed E-state index contributed by atoms with van der Waals surface area (Å²) in [6.45, 7) is 0. The lowest BCUT2D eigenvalue weighted by atomic mass is 9.96. The predicted octanol–water partition coefficient (Wildman–Crippen LogP) is 3.76. The molecule has 0 unspecified atom stereocenters. The van der Waals surface area contributed by atoms with Crippen LogP contribution in [0.5, 0.6) is 0 Å². The quantitative estimate of drug-likeness (QED) is 0.423. The van der Waals surface area contributed by atoms with Crippen LogP contribution in [0.15, 0.2) is 85.1 Å². The zero-order valence-corrected chi connectivity index (χ0v) is 17.2. The van der Waals surface area contributed by atoms with Crippen molar-refractivity contribution in [3.63, 3.8) is 0 Å². The van der Waals surface area contributed by atoms with Gasteiger partial charge in [-0.3, -0.25) is 14.6 Å². The smallest absolute Gasteiger partial charge is 0.253 e. The van der Waals surface area contributed by atoms with E-state index in [2.05, 4.69) is 21.4 Å². The van der Waals surface area contributed by atoms with Gasteiger partial charge in [-0.1, -0.05) is 60.7 Å². The summed E-state index contributed by atoms with van der Waals surface area (Å²) in [5, 5.41) is 6.37. The van der Waals surface area contributed by atoms with Crippen LogP contribution in [-0.4, -0.2) is 27.8 Å². The monoisotopic (exact) mass is 420 g/mol. The number of aromatic nitrogens is 2. The van der Waals surface area contributed by atoms with E-state index in [9.17, 15) is 9.59 Å². The summed E-state index contributed by atoms with van der Waals surface area (Å²) in [5.41, 5.74) is 8.23. The molecule has 1 heterocycles. The van der Waals surface area contributed by atoms with Crippen LogP contribution in [-0.2, 0) is 11.2 Å². The molecule has 6 heteroatoms. The molecule has 0 aliphatic rings. The third-order valence-corrected chi connectivity index (χ3v) is 5.56. The highest BCUT2D eigenvalue weighted by Crippen LogP contribution is 2.28. The van der Waals surface area contributed by atoms with Gasteiger partial charge in [0.05, 0.1) is 22.3 Å². The van der Waals surface area contributed by atoms with E-state index >= 15 is 0 Å². The predicted molar refractivity (Wildman–Crippen MR) is 125 cm³/mol. The van der Waals surface area contributed by atoms with Gasteiger partial charge in [-0.05, 0) is 39.7 Å². The maximum absolute atomic E-state index is 13.4. The number of para-hydroxylation sites is 2. The summed E-state index contributed by atoms with van der Waals surface area (Å²) >= 11 is 0. The number of nitrogens with zero attached hydrogens (tertiary/aromatic N) is 2. The van der Waals surface area contributed by atoms with Gasteiger partial charge >= 0.3 is 0 Å². The second-order valence-electron chi connectivity index (χ2n) is 7.68. The molecule has 1 aromatic heterocycles. The first-order valence-electron chi connectivity index (χ1n) is 10.3. The minimum Gasteiger partial charge on any atom is -0.368 e. The van der Waals surface area contributed by atoms with E-state index < -0.39 is 11.9 Å². The lowest BCUT2D eigenvalue weighted by Crippen LogP contribution is -2.46. The summed E-state index contributed by atoms with van der Waals surface area (Å²) in [7, 11) is 0. The Morgan fingerprint density at radius 1 is 0.844 bits per heavy atom. The Balaban J connectivity index is 1.51. The molecule has 6 nitrogen and oxygen atoms in total. The van der Waals surface area contributed by atoms with Crippen LogP contribution in [0, 0.1) is 0 Å². The van der Waals surface area contributed by atoms with Gasteiger partial charge in [0, 0.05) is 12.6 Å². The molecule has 0 aliphatic heterocycles. The van der Waals surface area contributed by atoms with Crippen molar-refractivity contribution in [1.82, 2.24) is 15.3 Å². The minimum absolute atomic E-state index is 0.154. The molecule has 0 spiro atoms. The molecule has 0 aliphatic carbocycles. The van der Waals surface area contributed by atoms with E-state index in [-0.39, 0.29) is 12.3 Å². The van der Waals surface area contributed by atoms with E-state index in [1.807, 2.05) is 72.8 Å². The topological polar surface area (TPSA) is 98.0 Å². The Hall–Kier alpha value is -4.32. The van der Waals surface area contributed by atoms with Gasteiger partial charge in [0.1, 0.15) is 6.04 Å². The molecule has 2 amide bonds. The van der Waals surface area contributed by atoms with E-state index in [0.717, 1.165) is 32.6 Å². The van der Waals surface area contributed by atoms with Gasteiger partial charge in [-0.25, -0.2) is 4.98 Å². The Morgan fingerprint density at radius 3 is 2.09 bits per heavy atom. The van der Waals surface area contributed by atoms with Gasteiger partial charge in [-0.2, -0.15) is 0 Å². The molecule has 0 saturated carbocycles. The molecular formula is C26H20N4O2. The normalized spacial score (nSPS) is 12.1. The van der Waals surface area contributed by atoms with Crippen molar-refractivity contribution in [2.45, 2.75) is 12.5 Å². The number of hydrogen-bond donors (Lipinski definition) is 2. The van der Waals surface area contributed by atoms with Crippen molar-refractivity contribution >= 4 is 44.4 Å². The van der Waals surface area contributed by atoms with Crippen molar-refractivity contribution in [1.29, 1.82) is 0 Å². The molecule has 32 heavy (non-hydrogen) atoms. The fraction of sp³-hybridized carbons (Fsp3) is 0.0769. The standard InChI is InChI=1S/C26H20N4O2/c27-25(31)23(14-18-15-28-21-11-5-6-12-22(21)29-18)30-26(32)24-19-9-3-1-7-16(19)13-17-8-2-4-10-20(17)24/h1-13,15,23H,14H2,(H2,27,31)(H,30,32)/t23-/m1/s1. The van der Waals surface area contributed by atoms with Crippen LogP contribution in [0.25, 0.3) is 32.6 Å². The lowest BCUT2D eigenvalue weighted by Gasteiger charge is -2.17. The van der Waals surface area contributed by atoms with Gasteiger partial charge in [-0.15, -0.1) is 0 Å². The van der Waals surface area contributed by atoms with Crippen molar-refractivity contribution in [2.24, 2.45) is 5.73 Å². The third kappa shape index (κ3) is 3.63. The maximum atomic E-state index is 13.4. The number of carbonyl (C=O) groups excluding carboxylic acids is 2. The molecule has 1 atom stereocenters. The summed E-state index contributed by atoms with van der Waals surface area (Å²) < 4.78 is 0. The second-order valence-corrected chi connectivity index (χ2v) is 7.68. The second kappa shape index (κ2) is 8.07. The van der Waals surface area contributed by atoms with Crippen LogP contribution >= 0.6 is 0 Å². The third-order valence-electron chi connectivity index (χ3n) is 5.56. The molecule has 5 rings (SSSR count). The molecule has 0 fully saturated rings. The SMILES string of the molecule is NC(=O)[C@@H](Cc1cnc2ccccc2n1)NC(=O)c1c2ccccc2cc2ccccc12. The van der Waals surface area contributed by atoms with Crippen molar-refractivity contribution in [2.75, 3.05) is 0 Å². The summed E-state index contributed by atoms with van der Waals surface area (Å²) in [6.07, 6.45) is 1.76. The number of primary amides is 1. The molecule has 3 N–H and O–H groups in total. The van der Waals surface area contributed by atoms with Crippen LogP contribution in [0.3, 0.4) is 0 Å². The fourth-order valence-corrected chi connectivity index (χ4v) is 4.01. The number of amides is 2. The van der Waals surface area contributed by atoms with Crippen LogP contribution in [0.1, 0.15) is 16.1 Å². The van der Waals surface area contributed by atoms with E-state index in [1.54, 1.807) is 6.20 Å². The Labute approximate surface area is 184 Å². The number of carbonyl (C=O) groups is 2. The average molecular weight is 420 g/mol. The number of benzene rings is 4. The van der Waals surface area contributed by atoms with E-state index in [1.165, 1.54) is 0 Å². The Kier molecular flexibility index (Phi) is 4.95. The molecular weight excluding hydrogens is 400 g/mol. The number of nitrogens with two attached hydrogens (primary N) is 1. The first kappa shape index (κ1) is 19.6. The summed E-state index contributed by atoms with van der Waals surface area (Å²) in [5.74, 6) is -0.978. The van der Waals surface area contributed by atoms with Crippen molar-refractivity contribution in [3.05, 3.63) is 96.3 Å². The minimum atomic E-state index is -0.921. The summed E-state index contributed by atoms with van der Waals surface area (Å²) in [6, 6.07) is 24.0. The van der Waals surface area contributed by atoms with Gasteiger partial charge < -0.3 is 11.1 Å². The fourth-order valence-electron chi connectivity index (χ4n) is 4.01. The molecule has 0 bridgehead atoms. The zero-order chi connectivity index (χ0) is 22.1. The van der Waals surface area contributed by atoms with Gasteiger partial charge in [0.25, 0.3) is 5.91 Å². The highest BCUT2D eigenvalue weighted by molar-refractivity contribution is 6.18. The summed E-state index contributed by atoms with van der Waals surface area (Å²) in [4.78, 5) is 34.6. The molecule has 5 aromatic rings. The largest absolute Gasteiger partial charge is 0.368 e. The Bertz CT molecular complexity index is 1440. The number of hydrogen-bond acceptors (Lipinski definition) is 4. The van der Waals surface area contributed by atoms with Gasteiger partial charge in [0.15, 0.2) is 0 Å². The van der Waals surface area contributed by atoms with Crippen molar-refractivity contribution in [3.8, 4) is 0 Å². The molecule has 0 saturated heterocycles. The van der Waals surface area contributed by atoms with E-state index in [0.29, 0.717) is 11.3 Å². The van der Waals surface area contributed by atoms with Gasteiger partial charge in [0.2, 0.25) is 5.91 Å². The number of nitrogens with one attached hydrogen (secondary N) is 1. The zero-order valence-electron chi connectivity index (χ0n) is 17.2. The number of fused-ring (bicyclic) bond motifs is 3. The maximum Gasteiger partial charge on any atom is 0.253 e. The molecule has 0 radical (unpaired) electrons. The highest BCUT2D eigenvalue weighted by Gasteiger charge is 2.23. The highest BCUT2D eigenvalue weighted by atomic mass is 16.2. The first-order chi connectivity index (χ1) is 15.6. The van der Waals surface area contributed by atoms with Crippen LogP contribution in [0.2, 0.25) is 0 Å². The van der Waals surface area contributed by atoms with Crippen LogP contribution < -0.4 is 11.1 Å². The lowest BCUT2D eigenvalue weighted by molar-refractivity contribution is -0.119. The van der Waals surface area contributed by atoms with Crippen molar-refractivity contribution < 1.29 is 9.59 Å². The molecule has 4 aromatic carbocycles. The molecule has 156 valence electrons.